The van der Waals surface area contributed by atoms with Crippen LogP contribution in [0.3, 0.4) is 0 Å². The predicted octanol–water partition coefficient (Wildman–Crippen LogP) is 4.73. The van der Waals surface area contributed by atoms with Crippen LogP contribution in [0.2, 0.25) is 0 Å². The maximum Gasteiger partial charge on any atom is 0.337 e. The number of benzene rings is 3. The van der Waals surface area contributed by atoms with Gasteiger partial charge in [0, 0.05) is 17.3 Å². The van der Waals surface area contributed by atoms with E-state index < -0.39 is 16.8 Å². The van der Waals surface area contributed by atoms with Crippen molar-refractivity contribution in [3.63, 3.8) is 0 Å². The lowest BCUT2D eigenvalue weighted by atomic mass is 10.1. The monoisotopic (exact) mass is 498 g/mol. The minimum Gasteiger partial charge on any atom is -0.465 e. The lowest BCUT2D eigenvalue weighted by molar-refractivity contribution is -0.383. The smallest absolute Gasteiger partial charge is 0.337 e. The summed E-state index contributed by atoms with van der Waals surface area (Å²) in [5, 5.41) is 35.8. The molecule has 0 unspecified atom stereocenters. The molecule has 1 aromatic heterocycles. The molecule has 0 saturated heterocycles. The molecule has 4 rings (SSSR count). The van der Waals surface area contributed by atoms with Crippen molar-refractivity contribution in [1.82, 2.24) is 4.98 Å². The van der Waals surface area contributed by atoms with Crippen LogP contribution < -0.4 is 10.6 Å². The molecule has 0 spiro atoms. The third-order valence-electron chi connectivity index (χ3n) is 5.03. The average molecular weight is 498 g/mol. The van der Waals surface area contributed by atoms with Crippen LogP contribution in [0.4, 0.5) is 22.2 Å². The van der Waals surface area contributed by atoms with Gasteiger partial charge in [-0.3, -0.25) is 20.2 Å². The summed E-state index contributed by atoms with van der Waals surface area (Å²) in [6.07, 6.45) is 0. The number of nitriles is 2. The van der Waals surface area contributed by atoms with Gasteiger partial charge < -0.3 is 10.1 Å². The number of rotatable bonds is 6. The van der Waals surface area contributed by atoms with Gasteiger partial charge in [0.15, 0.2) is 5.13 Å². The Morgan fingerprint density at radius 1 is 1.03 bits per heavy atom. The van der Waals surface area contributed by atoms with E-state index in [2.05, 4.69) is 20.4 Å². The number of amides is 1. The highest BCUT2D eigenvalue weighted by Gasteiger charge is 2.19. The third-order valence-corrected chi connectivity index (χ3v) is 5.96. The summed E-state index contributed by atoms with van der Waals surface area (Å²) >= 11 is 1.19. The van der Waals surface area contributed by atoms with Gasteiger partial charge in [0.05, 0.1) is 38.9 Å². The second kappa shape index (κ2) is 9.89. The fourth-order valence-corrected chi connectivity index (χ4v) is 4.18. The molecule has 3 aromatic carbocycles. The number of esters is 1. The molecule has 4 aromatic rings. The Morgan fingerprint density at radius 3 is 2.33 bits per heavy atom. The Morgan fingerprint density at radius 2 is 1.69 bits per heavy atom. The topological polar surface area (TPSA) is 171 Å². The zero-order chi connectivity index (χ0) is 25.8. The van der Waals surface area contributed by atoms with E-state index in [1.165, 1.54) is 48.8 Å². The maximum absolute atomic E-state index is 12.6. The van der Waals surface area contributed by atoms with E-state index in [0.29, 0.717) is 32.2 Å². The van der Waals surface area contributed by atoms with Gasteiger partial charge in [-0.1, -0.05) is 11.3 Å². The number of fused-ring (bicyclic) bond motifs is 1. The van der Waals surface area contributed by atoms with Crippen LogP contribution in [0.15, 0.2) is 54.6 Å². The van der Waals surface area contributed by atoms with Gasteiger partial charge >= 0.3 is 5.97 Å². The van der Waals surface area contributed by atoms with E-state index >= 15 is 0 Å². The van der Waals surface area contributed by atoms with E-state index in [9.17, 15) is 25.0 Å². The Balaban J connectivity index is 1.57. The Bertz CT molecular complexity index is 1620. The molecule has 0 aliphatic heterocycles. The maximum atomic E-state index is 12.6. The summed E-state index contributed by atoms with van der Waals surface area (Å²) in [5.74, 6) is -0.922. The summed E-state index contributed by atoms with van der Waals surface area (Å²) in [6.45, 7) is 0. The molecule has 11 nitrogen and oxygen atoms in total. The van der Waals surface area contributed by atoms with Crippen LogP contribution in [0.1, 0.15) is 31.8 Å². The van der Waals surface area contributed by atoms with Crippen LogP contribution >= 0.6 is 11.3 Å². The van der Waals surface area contributed by atoms with Gasteiger partial charge in [-0.2, -0.15) is 10.5 Å². The Hall–Kier alpha value is -5.33. The largest absolute Gasteiger partial charge is 0.465 e. The standard InChI is InChI=1S/C24H14N6O5S/c1-35-23(32)14-4-2-13(3-5-14)22(31)29-24-28-18-7-6-17(10-21(18)36-24)27-19-8-15(11-25)16(12-26)9-20(19)30(33)34/h2-10,27H,1H3,(H,28,29,31). The molecule has 1 heterocycles. The number of ether oxygens (including phenoxy) is 1. The number of hydrogen-bond acceptors (Lipinski definition) is 10. The molecule has 0 bridgehead atoms. The number of methoxy groups -OCH3 is 1. The lowest BCUT2D eigenvalue weighted by Crippen LogP contribution is -2.12. The highest BCUT2D eigenvalue weighted by Crippen LogP contribution is 2.34. The third kappa shape index (κ3) is 4.79. The van der Waals surface area contributed by atoms with E-state index in [1.807, 2.05) is 6.07 Å². The van der Waals surface area contributed by atoms with Crippen LogP contribution in [-0.4, -0.2) is 28.9 Å². The van der Waals surface area contributed by atoms with Crippen LogP contribution in [0.5, 0.6) is 0 Å². The number of carbonyl (C=O) groups is 2. The minimum absolute atomic E-state index is 0.00841. The molecule has 12 heteroatoms. The van der Waals surface area contributed by atoms with E-state index in [1.54, 1.807) is 24.3 Å². The van der Waals surface area contributed by atoms with Gasteiger partial charge in [0.1, 0.15) is 17.8 Å². The Labute approximate surface area is 207 Å². The van der Waals surface area contributed by atoms with Crippen molar-refractivity contribution in [1.29, 1.82) is 10.5 Å². The van der Waals surface area contributed by atoms with Crippen LogP contribution in [0.25, 0.3) is 10.2 Å². The van der Waals surface area contributed by atoms with Crippen LogP contribution in [0, 0.1) is 32.8 Å². The van der Waals surface area contributed by atoms with Crippen LogP contribution in [-0.2, 0) is 4.74 Å². The fourth-order valence-electron chi connectivity index (χ4n) is 3.28. The van der Waals surface area contributed by atoms with Gasteiger partial charge in [0.2, 0.25) is 0 Å². The summed E-state index contributed by atoms with van der Waals surface area (Å²) in [7, 11) is 1.27. The first-order valence-electron chi connectivity index (χ1n) is 10.1. The molecule has 1 amide bonds. The number of aromatic nitrogens is 1. The molecular weight excluding hydrogens is 484 g/mol. The number of nitrogens with one attached hydrogen (secondary N) is 2. The van der Waals surface area contributed by atoms with Gasteiger partial charge in [-0.05, 0) is 48.5 Å². The molecule has 0 aliphatic rings. The molecule has 0 saturated carbocycles. The Kier molecular flexibility index (Phi) is 6.54. The summed E-state index contributed by atoms with van der Waals surface area (Å²) in [6, 6.07) is 16.9. The molecule has 176 valence electrons. The SMILES string of the molecule is COC(=O)c1ccc(C(=O)Nc2nc3ccc(Nc4cc(C#N)c(C#N)cc4[N+](=O)[O-])cc3s2)cc1. The number of anilines is 3. The number of thiazole rings is 1. The molecule has 0 aliphatic carbocycles. The molecule has 0 fully saturated rings. The van der Waals surface area contributed by atoms with Crippen molar-refractivity contribution in [2.75, 3.05) is 17.7 Å². The first kappa shape index (κ1) is 23.8. The fraction of sp³-hybridized carbons (Fsp3) is 0.0417. The zero-order valence-electron chi connectivity index (χ0n) is 18.4. The minimum atomic E-state index is -0.638. The predicted molar refractivity (Wildman–Crippen MR) is 131 cm³/mol. The second-order valence-corrected chi connectivity index (χ2v) is 8.28. The van der Waals surface area contributed by atoms with Gasteiger partial charge in [-0.25, -0.2) is 9.78 Å². The quantitative estimate of drug-likeness (QED) is 0.216. The van der Waals surface area contributed by atoms with Crippen molar-refractivity contribution >= 4 is 55.6 Å². The van der Waals surface area contributed by atoms with E-state index in [0.717, 1.165) is 6.07 Å². The highest BCUT2D eigenvalue weighted by atomic mass is 32.1. The van der Waals surface area contributed by atoms with E-state index in [-0.39, 0.29) is 22.5 Å². The summed E-state index contributed by atoms with van der Waals surface area (Å²) < 4.78 is 5.33. The number of hydrogen-bond donors (Lipinski definition) is 2. The number of nitro benzene ring substituents is 1. The van der Waals surface area contributed by atoms with Gasteiger partial charge in [-0.15, -0.1) is 0 Å². The summed E-state index contributed by atoms with van der Waals surface area (Å²) in [5.41, 5.74) is 1.35. The zero-order valence-corrected chi connectivity index (χ0v) is 19.3. The van der Waals surface area contributed by atoms with Crippen molar-refractivity contribution in [3.8, 4) is 12.1 Å². The first-order chi connectivity index (χ1) is 17.3. The molecule has 0 atom stereocenters. The van der Waals surface area contributed by atoms with Crippen molar-refractivity contribution in [2.24, 2.45) is 0 Å². The van der Waals surface area contributed by atoms with Crippen molar-refractivity contribution in [3.05, 3.63) is 87.0 Å². The van der Waals surface area contributed by atoms with E-state index in [4.69, 9.17) is 5.26 Å². The number of nitro groups is 1. The van der Waals surface area contributed by atoms with Crippen molar-refractivity contribution in [2.45, 2.75) is 0 Å². The number of nitrogens with zero attached hydrogens (tertiary/aromatic N) is 4. The second-order valence-electron chi connectivity index (χ2n) is 7.25. The first-order valence-corrected chi connectivity index (χ1v) is 10.9. The molecule has 2 N–H and O–H groups in total. The average Bonchev–Trinajstić information content (AvgIpc) is 3.29. The summed E-state index contributed by atoms with van der Waals surface area (Å²) in [4.78, 5) is 39.3. The molecule has 36 heavy (non-hydrogen) atoms. The van der Waals surface area contributed by atoms with Gasteiger partial charge in [0.25, 0.3) is 11.6 Å². The molecular formula is C24H14N6O5S. The lowest BCUT2D eigenvalue weighted by Gasteiger charge is -2.08. The van der Waals surface area contributed by atoms with Crippen molar-refractivity contribution < 1.29 is 19.2 Å². The number of carbonyl (C=O) groups excluding carboxylic acids is 2. The molecule has 0 radical (unpaired) electrons. The highest BCUT2D eigenvalue weighted by molar-refractivity contribution is 7.22. The normalized spacial score (nSPS) is 10.2.